The minimum atomic E-state index is 0.888. The smallest absolute Gasteiger partial charge is 0.183 e. The Hall–Kier alpha value is -2.07. The summed E-state index contributed by atoms with van der Waals surface area (Å²) in [6, 6.07) is 12.5. The highest BCUT2D eigenvalue weighted by Crippen LogP contribution is 2.40. The number of thiazole rings is 1. The largest absolute Gasteiger partial charge is 0.496 e. The van der Waals surface area contributed by atoms with Crippen LogP contribution in [0.3, 0.4) is 0 Å². The van der Waals surface area contributed by atoms with E-state index in [-0.39, 0.29) is 0 Å². The average molecular weight is 298 g/mol. The number of hydrogen-bond acceptors (Lipinski definition) is 4. The first-order valence-electron chi connectivity index (χ1n) is 7.09. The van der Waals surface area contributed by atoms with E-state index in [1.54, 1.807) is 18.4 Å². The lowest BCUT2D eigenvalue weighted by Gasteiger charge is -2.10. The second kappa shape index (κ2) is 6.14. The molecule has 0 saturated heterocycles. The summed E-state index contributed by atoms with van der Waals surface area (Å²) in [6.07, 6.45) is 3.01. The fourth-order valence-electron chi connectivity index (χ4n) is 2.38. The first-order chi connectivity index (χ1) is 10.3. The molecule has 0 aliphatic heterocycles. The predicted molar refractivity (Wildman–Crippen MR) is 90.4 cm³/mol. The Morgan fingerprint density at radius 2 is 2.05 bits per heavy atom. The zero-order chi connectivity index (χ0) is 14.7. The molecule has 1 aromatic heterocycles. The van der Waals surface area contributed by atoms with Gasteiger partial charge in [0.15, 0.2) is 5.13 Å². The van der Waals surface area contributed by atoms with Crippen molar-refractivity contribution in [3.05, 3.63) is 42.6 Å². The summed E-state index contributed by atoms with van der Waals surface area (Å²) >= 11 is 1.67. The Morgan fingerprint density at radius 3 is 2.86 bits per heavy atom. The summed E-state index contributed by atoms with van der Waals surface area (Å²) < 4.78 is 5.56. The van der Waals surface area contributed by atoms with Crippen LogP contribution in [0.2, 0.25) is 0 Å². The molecular formula is C17H18N2OS. The molecule has 0 unspecified atom stereocenters. The van der Waals surface area contributed by atoms with E-state index >= 15 is 0 Å². The minimum absolute atomic E-state index is 0.888. The van der Waals surface area contributed by atoms with E-state index in [0.29, 0.717) is 0 Å². The van der Waals surface area contributed by atoms with Crippen molar-refractivity contribution in [2.24, 2.45) is 0 Å². The van der Waals surface area contributed by atoms with Crippen molar-refractivity contribution < 1.29 is 4.74 Å². The molecule has 0 amide bonds. The molecule has 21 heavy (non-hydrogen) atoms. The molecule has 3 aromatic rings. The van der Waals surface area contributed by atoms with Crippen LogP contribution in [-0.2, 0) is 0 Å². The van der Waals surface area contributed by atoms with Gasteiger partial charge in [0.05, 0.1) is 12.0 Å². The van der Waals surface area contributed by atoms with Crippen molar-refractivity contribution in [2.45, 2.75) is 13.3 Å². The minimum Gasteiger partial charge on any atom is -0.496 e. The number of nitrogens with one attached hydrogen (secondary N) is 1. The molecule has 0 atom stereocenters. The van der Waals surface area contributed by atoms with Crippen molar-refractivity contribution in [1.82, 2.24) is 4.98 Å². The SMILES string of the molecule is CCCNc1ncc(-c2c(OC)ccc3ccccc23)s1. The molecule has 0 spiro atoms. The van der Waals surface area contributed by atoms with Crippen LogP contribution in [0, 0.1) is 0 Å². The van der Waals surface area contributed by atoms with Gasteiger partial charge in [0, 0.05) is 18.3 Å². The third-order valence-corrected chi connectivity index (χ3v) is 4.36. The van der Waals surface area contributed by atoms with E-state index in [1.165, 1.54) is 10.8 Å². The molecule has 3 rings (SSSR count). The Labute approximate surface area is 128 Å². The van der Waals surface area contributed by atoms with Crippen LogP contribution in [0.25, 0.3) is 21.2 Å². The molecule has 0 aliphatic carbocycles. The summed E-state index contributed by atoms with van der Waals surface area (Å²) in [6.45, 7) is 3.09. The van der Waals surface area contributed by atoms with Crippen molar-refractivity contribution in [2.75, 3.05) is 19.0 Å². The van der Waals surface area contributed by atoms with Crippen molar-refractivity contribution in [3.8, 4) is 16.2 Å². The van der Waals surface area contributed by atoms with Crippen LogP contribution >= 0.6 is 11.3 Å². The molecule has 1 heterocycles. The molecular weight excluding hydrogens is 280 g/mol. The van der Waals surface area contributed by atoms with Gasteiger partial charge in [0.1, 0.15) is 5.75 Å². The molecule has 1 N–H and O–H groups in total. The van der Waals surface area contributed by atoms with Crippen molar-refractivity contribution >= 4 is 27.2 Å². The zero-order valence-electron chi connectivity index (χ0n) is 12.2. The summed E-state index contributed by atoms with van der Waals surface area (Å²) in [4.78, 5) is 5.59. The normalized spacial score (nSPS) is 10.8. The molecule has 0 bridgehead atoms. The highest BCUT2D eigenvalue weighted by molar-refractivity contribution is 7.19. The zero-order valence-corrected chi connectivity index (χ0v) is 13.0. The van der Waals surface area contributed by atoms with Gasteiger partial charge in [0.2, 0.25) is 0 Å². The highest BCUT2D eigenvalue weighted by atomic mass is 32.1. The van der Waals surface area contributed by atoms with Gasteiger partial charge in [-0.3, -0.25) is 0 Å². The summed E-state index contributed by atoms with van der Waals surface area (Å²) in [5.74, 6) is 0.888. The summed E-state index contributed by atoms with van der Waals surface area (Å²) in [5.41, 5.74) is 1.12. The van der Waals surface area contributed by atoms with Crippen LogP contribution in [0.15, 0.2) is 42.6 Å². The van der Waals surface area contributed by atoms with Gasteiger partial charge in [-0.1, -0.05) is 48.6 Å². The molecule has 4 heteroatoms. The second-order valence-electron chi connectivity index (χ2n) is 4.82. The fourth-order valence-corrected chi connectivity index (χ4v) is 3.29. The fraction of sp³-hybridized carbons (Fsp3) is 0.235. The van der Waals surface area contributed by atoms with Gasteiger partial charge in [-0.05, 0) is 23.3 Å². The first kappa shape index (κ1) is 13.9. The van der Waals surface area contributed by atoms with Crippen LogP contribution < -0.4 is 10.1 Å². The average Bonchev–Trinajstić information content (AvgIpc) is 3.00. The lowest BCUT2D eigenvalue weighted by Crippen LogP contribution is -1.97. The lowest BCUT2D eigenvalue weighted by molar-refractivity contribution is 0.417. The number of ether oxygens (including phenoxy) is 1. The van der Waals surface area contributed by atoms with Gasteiger partial charge < -0.3 is 10.1 Å². The maximum absolute atomic E-state index is 5.56. The molecule has 2 aromatic carbocycles. The first-order valence-corrected chi connectivity index (χ1v) is 7.91. The van der Waals surface area contributed by atoms with E-state index in [9.17, 15) is 0 Å². The number of benzene rings is 2. The Morgan fingerprint density at radius 1 is 1.19 bits per heavy atom. The van der Waals surface area contributed by atoms with Gasteiger partial charge in [0.25, 0.3) is 0 Å². The van der Waals surface area contributed by atoms with Crippen LogP contribution in [0.4, 0.5) is 5.13 Å². The standard InChI is InChI=1S/C17H18N2OS/c1-3-10-18-17-19-11-15(21-17)16-13-7-5-4-6-12(13)8-9-14(16)20-2/h4-9,11H,3,10H2,1-2H3,(H,18,19). The van der Waals surface area contributed by atoms with Gasteiger partial charge in [-0.25, -0.2) is 4.98 Å². The Kier molecular flexibility index (Phi) is 4.06. The Balaban J connectivity index is 2.11. The number of anilines is 1. The van der Waals surface area contributed by atoms with E-state index in [4.69, 9.17) is 4.74 Å². The second-order valence-corrected chi connectivity index (χ2v) is 5.85. The topological polar surface area (TPSA) is 34.2 Å². The van der Waals surface area contributed by atoms with Crippen molar-refractivity contribution in [3.63, 3.8) is 0 Å². The van der Waals surface area contributed by atoms with Gasteiger partial charge in [-0.2, -0.15) is 0 Å². The maximum Gasteiger partial charge on any atom is 0.183 e. The summed E-state index contributed by atoms with van der Waals surface area (Å²) in [5, 5.41) is 6.71. The Bertz CT molecular complexity index is 751. The summed E-state index contributed by atoms with van der Waals surface area (Å²) in [7, 11) is 1.71. The molecule has 0 saturated carbocycles. The van der Waals surface area contributed by atoms with E-state index in [0.717, 1.165) is 34.3 Å². The maximum atomic E-state index is 5.56. The monoisotopic (exact) mass is 298 g/mol. The number of hydrogen-bond donors (Lipinski definition) is 1. The number of nitrogens with zero attached hydrogens (tertiary/aromatic N) is 1. The highest BCUT2D eigenvalue weighted by Gasteiger charge is 2.13. The quantitative estimate of drug-likeness (QED) is 0.735. The molecule has 0 fully saturated rings. The lowest BCUT2D eigenvalue weighted by atomic mass is 10.0. The van der Waals surface area contributed by atoms with E-state index < -0.39 is 0 Å². The third-order valence-electron chi connectivity index (χ3n) is 3.39. The van der Waals surface area contributed by atoms with Crippen molar-refractivity contribution in [1.29, 1.82) is 0 Å². The number of aromatic nitrogens is 1. The molecule has 0 aliphatic rings. The van der Waals surface area contributed by atoms with Gasteiger partial charge >= 0.3 is 0 Å². The van der Waals surface area contributed by atoms with E-state index in [2.05, 4.69) is 47.6 Å². The number of fused-ring (bicyclic) bond motifs is 1. The van der Waals surface area contributed by atoms with Crippen LogP contribution in [0.5, 0.6) is 5.75 Å². The number of methoxy groups -OCH3 is 1. The third kappa shape index (κ3) is 2.72. The van der Waals surface area contributed by atoms with Crippen LogP contribution in [0.1, 0.15) is 13.3 Å². The van der Waals surface area contributed by atoms with Gasteiger partial charge in [-0.15, -0.1) is 0 Å². The number of rotatable bonds is 5. The molecule has 0 radical (unpaired) electrons. The van der Waals surface area contributed by atoms with E-state index in [1.807, 2.05) is 12.3 Å². The molecule has 108 valence electrons. The predicted octanol–water partition coefficient (Wildman–Crippen LogP) is 4.79. The van der Waals surface area contributed by atoms with Crippen LogP contribution in [-0.4, -0.2) is 18.6 Å². The molecule has 3 nitrogen and oxygen atoms in total.